The highest BCUT2D eigenvalue weighted by Gasteiger charge is 2.30. The topological polar surface area (TPSA) is 132 Å². The summed E-state index contributed by atoms with van der Waals surface area (Å²) in [6.45, 7) is 1.52. The molecule has 1 aliphatic heterocycles. The first kappa shape index (κ1) is 21.8. The smallest absolute Gasteiger partial charge is 0.278 e. The molecule has 1 aromatic heterocycles. The van der Waals surface area contributed by atoms with Crippen LogP contribution in [0.3, 0.4) is 0 Å². The second-order valence-electron chi connectivity index (χ2n) is 6.67. The van der Waals surface area contributed by atoms with Gasteiger partial charge in [0.15, 0.2) is 0 Å². The highest BCUT2D eigenvalue weighted by molar-refractivity contribution is 5.99. The van der Waals surface area contributed by atoms with Crippen molar-refractivity contribution in [1.29, 1.82) is 0 Å². The van der Waals surface area contributed by atoms with Crippen LogP contribution in [0.25, 0.3) is 10.9 Å². The number of aromatic nitrogens is 3. The van der Waals surface area contributed by atoms with Gasteiger partial charge in [0, 0.05) is 18.7 Å². The fourth-order valence-electron chi connectivity index (χ4n) is 3.14. The maximum absolute atomic E-state index is 12.8. The van der Waals surface area contributed by atoms with Gasteiger partial charge < -0.3 is 11.1 Å². The van der Waals surface area contributed by atoms with Crippen LogP contribution in [0.2, 0.25) is 0 Å². The Bertz CT molecular complexity index is 901. The number of nitrogens with zero attached hydrogens (tertiary/aromatic N) is 3. The largest absolute Gasteiger partial charge is 0.385 e. The maximum atomic E-state index is 12.8. The Kier molecular flexibility index (Phi) is 7.89. The van der Waals surface area contributed by atoms with Gasteiger partial charge >= 0.3 is 0 Å². The number of halogens is 1. The third-order valence-electron chi connectivity index (χ3n) is 4.65. The predicted octanol–water partition coefficient (Wildman–Crippen LogP) is 1.12. The number of hydrogen-bond acceptors (Lipinski definition) is 7. The number of amides is 2. The van der Waals surface area contributed by atoms with Crippen LogP contribution in [0.15, 0.2) is 23.0 Å². The van der Waals surface area contributed by atoms with Gasteiger partial charge in [-0.05, 0) is 44.0 Å². The molecule has 1 unspecified atom stereocenters. The number of rotatable bonds is 8. The van der Waals surface area contributed by atoms with Crippen molar-refractivity contribution in [2.45, 2.75) is 44.6 Å². The highest BCUT2D eigenvalue weighted by atomic mass is 35.5. The fraction of sp³-hybridized carbons (Fsp3) is 0.500. The Morgan fingerprint density at radius 2 is 1.96 bits per heavy atom. The third-order valence-corrected chi connectivity index (χ3v) is 4.65. The molecule has 152 valence electrons. The lowest BCUT2D eigenvalue weighted by atomic mass is 10.1. The van der Waals surface area contributed by atoms with Crippen LogP contribution in [0, 0.1) is 0 Å². The van der Waals surface area contributed by atoms with Gasteiger partial charge in [-0.15, -0.1) is 17.5 Å². The van der Waals surface area contributed by atoms with Gasteiger partial charge in [-0.1, -0.05) is 18.1 Å². The van der Waals surface area contributed by atoms with Crippen molar-refractivity contribution in [2.24, 2.45) is 5.73 Å². The molecule has 10 heteroatoms. The number of piperidine rings is 1. The molecular weight excluding hydrogens is 384 g/mol. The van der Waals surface area contributed by atoms with E-state index in [4.69, 9.17) is 5.73 Å². The number of imide groups is 1. The second-order valence-corrected chi connectivity index (χ2v) is 6.67. The van der Waals surface area contributed by atoms with E-state index in [2.05, 4.69) is 20.9 Å². The van der Waals surface area contributed by atoms with Crippen LogP contribution in [0.1, 0.15) is 44.6 Å². The van der Waals surface area contributed by atoms with Crippen LogP contribution in [-0.4, -0.2) is 39.9 Å². The van der Waals surface area contributed by atoms with Crippen LogP contribution in [0.4, 0.5) is 5.69 Å². The molecule has 2 heterocycles. The molecule has 1 saturated heterocycles. The van der Waals surface area contributed by atoms with Gasteiger partial charge in [0.25, 0.3) is 11.5 Å². The van der Waals surface area contributed by atoms with E-state index in [0.29, 0.717) is 10.9 Å². The standard InChI is InChI=1S/C18H24N6O3.ClH/c19-9-3-1-2-4-10-20-12-5-6-14-13(11-12)18(27)24(23-22-14)15-7-8-16(25)21-17(15)26;/h5-6,11,15,20H,1-4,7-10,19H2,(H,21,25,26);1H. The molecule has 28 heavy (non-hydrogen) atoms. The molecular formula is C18H25ClN6O3. The maximum Gasteiger partial charge on any atom is 0.278 e. The lowest BCUT2D eigenvalue weighted by Crippen LogP contribution is -2.45. The molecule has 4 N–H and O–H groups in total. The van der Waals surface area contributed by atoms with Crippen molar-refractivity contribution >= 4 is 40.8 Å². The van der Waals surface area contributed by atoms with Gasteiger partial charge in [-0.3, -0.25) is 19.7 Å². The van der Waals surface area contributed by atoms with E-state index in [0.717, 1.165) is 49.1 Å². The summed E-state index contributed by atoms with van der Waals surface area (Å²) in [7, 11) is 0. The zero-order chi connectivity index (χ0) is 19.2. The average Bonchev–Trinajstić information content (AvgIpc) is 2.66. The summed E-state index contributed by atoms with van der Waals surface area (Å²) < 4.78 is 1.07. The zero-order valence-electron chi connectivity index (χ0n) is 15.5. The van der Waals surface area contributed by atoms with Crippen molar-refractivity contribution < 1.29 is 9.59 Å². The third kappa shape index (κ3) is 5.05. The Morgan fingerprint density at radius 1 is 1.18 bits per heavy atom. The van der Waals surface area contributed by atoms with Crippen molar-refractivity contribution in [3.63, 3.8) is 0 Å². The highest BCUT2D eigenvalue weighted by Crippen LogP contribution is 2.18. The van der Waals surface area contributed by atoms with Crippen molar-refractivity contribution in [3.05, 3.63) is 28.6 Å². The molecule has 1 aliphatic rings. The Morgan fingerprint density at radius 3 is 2.71 bits per heavy atom. The molecule has 1 fully saturated rings. The lowest BCUT2D eigenvalue weighted by molar-refractivity contribution is -0.136. The van der Waals surface area contributed by atoms with Gasteiger partial charge in [0.2, 0.25) is 5.91 Å². The Balaban J connectivity index is 0.00000280. The number of benzene rings is 1. The minimum atomic E-state index is -0.814. The lowest BCUT2D eigenvalue weighted by Gasteiger charge is -2.21. The number of carbonyl (C=O) groups excluding carboxylic acids is 2. The van der Waals surface area contributed by atoms with Gasteiger partial charge in [-0.2, -0.15) is 4.68 Å². The summed E-state index contributed by atoms with van der Waals surface area (Å²) in [6.07, 6.45) is 4.69. The van der Waals surface area contributed by atoms with E-state index >= 15 is 0 Å². The molecule has 2 aromatic rings. The van der Waals surface area contributed by atoms with Gasteiger partial charge in [-0.25, -0.2) is 0 Å². The number of nitrogens with two attached hydrogens (primary N) is 1. The van der Waals surface area contributed by atoms with Crippen LogP contribution < -0.4 is 21.9 Å². The normalized spacial score (nSPS) is 16.5. The average molecular weight is 409 g/mol. The minimum absolute atomic E-state index is 0. The molecule has 0 spiro atoms. The summed E-state index contributed by atoms with van der Waals surface area (Å²) in [5, 5.41) is 13.9. The minimum Gasteiger partial charge on any atom is -0.385 e. The first-order chi connectivity index (χ1) is 13.1. The fourth-order valence-corrected chi connectivity index (χ4v) is 3.14. The SMILES string of the molecule is Cl.NCCCCCCNc1ccc2nnn(C3CCC(=O)NC3=O)c(=O)c2c1. The van der Waals surface area contributed by atoms with Crippen molar-refractivity contribution in [1.82, 2.24) is 20.3 Å². The van der Waals surface area contributed by atoms with Gasteiger partial charge in [0.1, 0.15) is 11.6 Å². The zero-order valence-corrected chi connectivity index (χ0v) is 16.3. The number of unbranched alkanes of at least 4 members (excludes halogenated alkanes) is 3. The van der Waals surface area contributed by atoms with E-state index in [1.807, 2.05) is 6.07 Å². The first-order valence-electron chi connectivity index (χ1n) is 9.27. The Hall–Kier alpha value is -2.52. The first-order valence-corrected chi connectivity index (χ1v) is 9.27. The summed E-state index contributed by atoms with van der Waals surface area (Å²) in [4.78, 5) is 36.1. The number of carbonyl (C=O) groups is 2. The quantitative estimate of drug-likeness (QED) is 0.440. The molecule has 1 atom stereocenters. The van der Waals surface area contributed by atoms with E-state index < -0.39 is 11.9 Å². The van der Waals surface area contributed by atoms with E-state index in [1.54, 1.807) is 12.1 Å². The summed E-state index contributed by atoms with van der Waals surface area (Å²) in [6, 6.07) is 4.50. The number of nitrogens with one attached hydrogen (secondary N) is 2. The number of hydrogen-bond donors (Lipinski definition) is 3. The summed E-state index contributed by atoms with van der Waals surface area (Å²) >= 11 is 0. The molecule has 3 rings (SSSR count). The van der Waals surface area contributed by atoms with Gasteiger partial charge in [0.05, 0.1) is 5.39 Å². The number of fused-ring (bicyclic) bond motifs is 1. The predicted molar refractivity (Wildman–Crippen MR) is 108 cm³/mol. The van der Waals surface area contributed by atoms with E-state index in [1.165, 1.54) is 0 Å². The summed E-state index contributed by atoms with van der Waals surface area (Å²) in [5.74, 6) is -0.857. The molecule has 0 bridgehead atoms. The van der Waals surface area contributed by atoms with Crippen LogP contribution in [0.5, 0.6) is 0 Å². The second kappa shape index (κ2) is 10.1. The summed E-state index contributed by atoms with van der Waals surface area (Å²) in [5.41, 5.74) is 6.39. The van der Waals surface area contributed by atoms with E-state index in [-0.39, 0.29) is 36.7 Å². The monoisotopic (exact) mass is 408 g/mol. The molecule has 0 radical (unpaired) electrons. The molecule has 0 aliphatic carbocycles. The van der Waals surface area contributed by atoms with Crippen molar-refractivity contribution in [3.8, 4) is 0 Å². The Labute approximate surface area is 168 Å². The molecule has 1 aromatic carbocycles. The van der Waals surface area contributed by atoms with E-state index in [9.17, 15) is 14.4 Å². The van der Waals surface area contributed by atoms with Crippen LogP contribution in [-0.2, 0) is 9.59 Å². The molecule has 0 saturated carbocycles. The molecule has 9 nitrogen and oxygen atoms in total. The number of anilines is 1. The molecule has 2 amide bonds. The van der Waals surface area contributed by atoms with Crippen molar-refractivity contribution in [2.75, 3.05) is 18.4 Å². The van der Waals surface area contributed by atoms with Crippen LogP contribution >= 0.6 is 12.4 Å².